The molecule has 1 aromatic carbocycles. The van der Waals surface area contributed by atoms with Crippen LogP contribution in [0.2, 0.25) is 10.0 Å². The average Bonchev–Trinajstić information content (AvgIpc) is 3.23. The van der Waals surface area contributed by atoms with Crippen molar-refractivity contribution in [2.75, 3.05) is 18.0 Å². The number of hydrogen-bond acceptors (Lipinski definition) is 9. The lowest BCUT2D eigenvalue weighted by atomic mass is 10.0. The van der Waals surface area contributed by atoms with Crippen LogP contribution < -0.4 is 15.7 Å². The molecular formula is C22H23Cl2N7O4. The smallest absolute Gasteiger partial charge is 0.373 e. The highest BCUT2D eigenvalue weighted by atomic mass is 35.5. The third-order valence-electron chi connectivity index (χ3n) is 6.45. The second kappa shape index (κ2) is 9.30. The molecule has 3 N–H and O–H groups in total. The molecule has 1 atom stereocenters. The van der Waals surface area contributed by atoms with Crippen LogP contribution in [-0.2, 0) is 16.2 Å². The Kier molecular flexibility index (Phi) is 6.01. The molecule has 184 valence electrons. The highest BCUT2D eigenvalue weighted by Gasteiger charge is 2.34. The summed E-state index contributed by atoms with van der Waals surface area (Å²) in [5.74, 6) is 2.31. The molecule has 0 bridgehead atoms. The van der Waals surface area contributed by atoms with E-state index in [1.165, 1.54) is 0 Å². The van der Waals surface area contributed by atoms with E-state index in [0.717, 1.165) is 50.1 Å². The fourth-order valence-electron chi connectivity index (χ4n) is 4.42. The number of amides is 1. The third kappa shape index (κ3) is 4.56. The second-order valence-electron chi connectivity index (χ2n) is 8.85. The van der Waals surface area contributed by atoms with E-state index in [0.29, 0.717) is 45.6 Å². The summed E-state index contributed by atoms with van der Waals surface area (Å²) in [6.45, 7) is 1.87. The Morgan fingerprint density at radius 2 is 1.91 bits per heavy atom. The van der Waals surface area contributed by atoms with Crippen molar-refractivity contribution in [3.63, 3.8) is 0 Å². The summed E-state index contributed by atoms with van der Waals surface area (Å²) < 4.78 is 12.1. The first-order chi connectivity index (χ1) is 17.1. The quantitative estimate of drug-likeness (QED) is 0.422. The first kappa shape index (κ1) is 22.6. The molecule has 0 spiro atoms. The number of ether oxygens (including phenoxy) is 1. The zero-order chi connectivity index (χ0) is 23.9. The zero-order valence-corrected chi connectivity index (χ0v) is 20.1. The largest absolute Gasteiger partial charge is 0.427 e. The normalized spacial score (nSPS) is 20.8. The molecule has 2 saturated heterocycles. The minimum absolute atomic E-state index is 0.0744. The number of piperidine rings is 1. The lowest BCUT2D eigenvalue weighted by Gasteiger charge is -2.31. The molecule has 0 radical (unpaired) electrons. The number of anilines is 1. The van der Waals surface area contributed by atoms with Gasteiger partial charge < -0.3 is 19.0 Å². The number of nitrogens with zero attached hydrogens (tertiary/aromatic N) is 4. The maximum atomic E-state index is 11.2. The van der Waals surface area contributed by atoms with E-state index in [4.69, 9.17) is 32.5 Å². The van der Waals surface area contributed by atoms with Crippen LogP contribution in [0.15, 0.2) is 22.7 Å². The molecule has 1 saturated carbocycles. The number of aromatic amines is 1. The minimum atomic E-state index is -0.552. The Bertz CT molecular complexity index is 1220. The van der Waals surface area contributed by atoms with Crippen LogP contribution in [0.1, 0.15) is 54.9 Å². The van der Waals surface area contributed by atoms with Crippen molar-refractivity contribution in [2.45, 2.75) is 50.5 Å². The summed E-state index contributed by atoms with van der Waals surface area (Å²) in [6.07, 6.45) is 2.78. The van der Waals surface area contributed by atoms with Gasteiger partial charge in [-0.05, 0) is 37.8 Å². The van der Waals surface area contributed by atoms with Crippen LogP contribution in [0.3, 0.4) is 0 Å². The van der Waals surface area contributed by atoms with E-state index in [2.05, 4.69) is 40.9 Å². The van der Waals surface area contributed by atoms with Crippen LogP contribution in [0.4, 0.5) is 10.7 Å². The maximum absolute atomic E-state index is 11.2. The van der Waals surface area contributed by atoms with Crippen molar-refractivity contribution >= 4 is 35.2 Å². The number of halogens is 2. The number of aromatic nitrogens is 4. The topological polar surface area (TPSA) is 130 Å². The number of hydrogen-bond donors (Lipinski definition) is 3. The Hall–Kier alpha value is -2.86. The van der Waals surface area contributed by atoms with Crippen molar-refractivity contribution in [1.29, 1.82) is 0 Å². The van der Waals surface area contributed by atoms with Gasteiger partial charge >= 0.3 is 6.09 Å². The first-order valence-corrected chi connectivity index (χ1v) is 12.3. The lowest BCUT2D eigenvalue weighted by Crippen LogP contribution is -2.37. The molecule has 1 amide bonds. The van der Waals surface area contributed by atoms with Gasteiger partial charge in [0.05, 0.1) is 22.8 Å². The van der Waals surface area contributed by atoms with Gasteiger partial charge in [-0.3, -0.25) is 10.4 Å². The van der Waals surface area contributed by atoms with Gasteiger partial charge in [-0.1, -0.05) is 34.4 Å². The molecule has 3 fully saturated rings. The molecule has 1 unspecified atom stereocenters. The molecule has 11 nitrogen and oxygen atoms in total. The van der Waals surface area contributed by atoms with E-state index in [9.17, 15) is 4.79 Å². The minimum Gasteiger partial charge on any atom is -0.373 e. The maximum Gasteiger partial charge on any atom is 0.427 e. The van der Waals surface area contributed by atoms with Crippen LogP contribution >= 0.6 is 23.2 Å². The summed E-state index contributed by atoms with van der Waals surface area (Å²) >= 11 is 12.9. The summed E-state index contributed by atoms with van der Waals surface area (Å²) in [6, 6.07) is 5.41. The number of rotatable bonds is 7. The Morgan fingerprint density at radius 1 is 1.14 bits per heavy atom. The van der Waals surface area contributed by atoms with Crippen molar-refractivity contribution in [3.8, 4) is 11.3 Å². The molecular weight excluding hydrogens is 497 g/mol. The molecule has 6 rings (SSSR count). The highest BCUT2D eigenvalue weighted by molar-refractivity contribution is 6.39. The second-order valence-corrected chi connectivity index (χ2v) is 9.66. The fourth-order valence-corrected chi connectivity index (χ4v) is 5.00. The van der Waals surface area contributed by atoms with E-state index in [1.807, 2.05) is 6.07 Å². The SMILES string of the molecule is O=C1NC(c2nc(N3CCC(OCc4c(-c5c(Cl)cccc5Cl)noc4C4CC4)CC3)n[nH]2)NO1. The van der Waals surface area contributed by atoms with Crippen molar-refractivity contribution < 1.29 is 18.9 Å². The van der Waals surface area contributed by atoms with Crippen LogP contribution in [-0.4, -0.2) is 45.6 Å². The Labute approximate surface area is 210 Å². The summed E-state index contributed by atoms with van der Waals surface area (Å²) in [7, 11) is 0. The summed E-state index contributed by atoms with van der Waals surface area (Å²) in [5, 5.41) is 15.1. The van der Waals surface area contributed by atoms with Gasteiger partial charge in [-0.25, -0.2) is 4.79 Å². The zero-order valence-electron chi connectivity index (χ0n) is 18.6. The molecule has 4 heterocycles. The predicted octanol–water partition coefficient (Wildman–Crippen LogP) is 4.07. The van der Waals surface area contributed by atoms with E-state index in [1.54, 1.807) is 12.1 Å². The standard InChI is InChI=1S/C22H23Cl2N7O4/c23-14-2-1-3-15(24)16(14)17-13(18(34-29-17)11-4-5-11)10-33-12-6-8-31(9-7-12)21-25-19(27-28-21)20-26-22(32)35-30-20/h1-3,11-12,20,30H,4-10H2,(H,26,32)(H,25,27,28). The Balaban J connectivity index is 1.10. The van der Waals surface area contributed by atoms with Gasteiger partial charge in [0.1, 0.15) is 11.5 Å². The van der Waals surface area contributed by atoms with Gasteiger partial charge in [0.25, 0.3) is 0 Å². The van der Waals surface area contributed by atoms with E-state index < -0.39 is 12.3 Å². The third-order valence-corrected chi connectivity index (χ3v) is 7.08. The van der Waals surface area contributed by atoms with Gasteiger partial charge in [-0.2, -0.15) is 4.98 Å². The van der Waals surface area contributed by atoms with Crippen molar-refractivity contribution in [1.82, 2.24) is 31.1 Å². The van der Waals surface area contributed by atoms with Crippen LogP contribution in [0.25, 0.3) is 11.3 Å². The Morgan fingerprint density at radius 3 is 2.60 bits per heavy atom. The lowest BCUT2D eigenvalue weighted by molar-refractivity contribution is 0.0245. The van der Waals surface area contributed by atoms with Crippen molar-refractivity contribution in [2.24, 2.45) is 0 Å². The molecule has 3 aliphatic rings. The number of benzene rings is 1. The van der Waals surface area contributed by atoms with E-state index >= 15 is 0 Å². The molecule has 2 aromatic heterocycles. The molecule has 35 heavy (non-hydrogen) atoms. The van der Waals surface area contributed by atoms with Gasteiger partial charge in [0.2, 0.25) is 5.95 Å². The number of carbonyl (C=O) groups is 1. The fraction of sp³-hybridized carbons (Fsp3) is 0.455. The monoisotopic (exact) mass is 519 g/mol. The average molecular weight is 520 g/mol. The number of carbonyl (C=O) groups excluding carboxylic acids is 1. The summed E-state index contributed by atoms with van der Waals surface area (Å²) in [4.78, 5) is 22.5. The number of H-pyrrole nitrogens is 1. The summed E-state index contributed by atoms with van der Waals surface area (Å²) in [5.41, 5.74) is 4.82. The molecule has 13 heteroatoms. The van der Waals surface area contributed by atoms with Crippen molar-refractivity contribution in [3.05, 3.63) is 45.4 Å². The van der Waals surface area contributed by atoms with Gasteiger partial charge in [-0.15, -0.1) is 10.6 Å². The molecule has 3 aromatic rings. The van der Waals surface area contributed by atoms with Crippen LogP contribution in [0, 0.1) is 0 Å². The first-order valence-electron chi connectivity index (χ1n) is 11.5. The van der Waals surface area contributed by atoms with Crippen LogP contribution in [0.5, 0.6) is 0 Å². The number of hydroxylamine groups is 1. The molecule has 2 aliphatic heterocycles. The van der Waals surface area contributed by atoms with E-state index in [-0.39, 0.29) is 6.10 Å². The highest BCUT2D eigenvalue weighted by Crippen LogP contribution is 2.46. The molecule has 1 aliphatic carbocycles. The van der Waals surface area contributed by atoms with Gasteiger partial charge in [0.15, 0.2) is 12.0 Å². The number of nitrogens with one attached hydrogen (secondary N) is 3. The van der Waals surface area contributed by atoms with Gasteiger partial charge in [0, 0.05) is 30.1 Å². The predicted molar refractivity (Wildman–Crippen MR) is 126 cm³/mol.